The SMILES string of the molecule is COCO[C@H]1C(=O)N(c2ccc(OC)cc2)C1C. The second-order valence-corrected chi connectivity index (χ2v) is 4.14. The van der Waals surface area contributed by atoms with E-state index in [0.29, 0.717) is 0 Å². The number of carbonyl (C=O) groups excluding carboxylic acids is 1. The molecule has 0 bridgehead atoms. The number of carbonyl (C=O) groups is 1. The van der Waals surface area contributed by atoms with E-state index in [2.05, 4.69) is 0 Å². The minimum atomic E-state index is -0.410. The molecule has 0 N–H and O–H groups in total. The molecule has 1 amide bonds. The lowest BCUT2D eigenvalue weighted by atomic mass is 9.98. The monoisotopic (exact) mass is 251 g/mol. The minimum Gasteiger partial charge on any atom is -0.497 e. The number of benzene rings is 1. The molecule has 0 spiro atoms. The Labute approximate surface area is 106 Å². The van der Waals surface area contributed by atoms with E-state index in [1.54, 1.807) is 12.0 Å². The summed E-state index contributed by atoms with van der Waals surface area (Å²) in [6.45, 7) is 2.09. The summed E-state index contributed by atoms with van der Waals surface area (Å²) < 4.78 is 15.2. The number of anilines is 1. The van der Waals surface area contributed by atoms with Crippen molar-refractivity contribution in [2.75, 3.05) is 25.9 Å². The van der Waals surface area contributed by atoms with Gasteiger partial charge in [0.25, 0.3) is 5.91 Å². The molecule has 0 saturated carbocycles. The maximum Gasteiger partial charge on any atom is 0.258 e. The molecule has 1 aliphatic rings. The second-order valence-electron chi connectivity index (χ2n) is 4.14. The standard InChI is InChI=1S/C13H17NO4/c1-9-12(18-8-16-2)13(15)14(9)10-4-6-11(17-3)7-5-10/h4-7,9,12H,8H2,1-3H3/t9?,12-/m1/s1. The fraction of sp³-hybridized carbons (Fsp3) is 0.462. The zero-order valence-corrected chi connectivity index (χ0v) is 10.8. The molecule has 0 aromatic heterocycles. The molecule has 2 rings (SSSR count). The van der Waals surface area contributed by atoms with Crippen molar-refractivity contribution in [2.45, 2.75) is 19.1 Å². The predicted octanol–water partition coefficient (Wildman–Crippen LogP) is 1.42. The predicted molar refractivity (Wildman–Crippen MR) is 66.7 cm³/mol. The van der Waals surface area contributed by atoms with Crippen LogP contribution in [-0.2, 0) is 14.3 Å². The third kappa shape index (κ3) is 2.19. The zero-order valence-electron chi connectivity index (χ0n) is 10.8. The number of hydrogen-bond donors (Lipinski definition) is 0. The van der Waals surface area contributed by atoms with Crippen LogP contribution in [0.4, 0.5) is 5.69 Å². The van der Waals surface area contributed by atoms with E-state index in [9.17, 15) is 4.79 Å². The lowest BCUT2D eigenvalue weighted by Gasteiger charge is -2.44. The molecule has 98 valence electrons. The van der Waals surface area contributed by atoms with Gasteiger partial charge >= 0.3 is 0 Å². The van der Waals surface area contributed by atoms with E-state index in [4.69, 9.17) is 14.2 Å². The van der Waals surface area contributed by atoms with E-state index in [0.717, 1.165) is 11.4 Å². The van der Waals surface area contributed by atoms with Gasteiger partial charge in [-0.25, -0.2) is 0 Å². The quantitative estimate of drug-likeness (QED) is 0.586. The van der Waals surface area contributed by atoms with Crippen LogP contribution in [0.3, 0.4) is 0 Å². The highest BCUT2D eigenvalue weighted by molar-refractivity contribution is 6.04. The van der Waals surface area contributed by atoms with Gasteiger partial charge in [0.2, 0.25) is 0 Å². The van der Waals surface area contributed by atoms with E-state index in [1.165, 1.54) is 7.11 Å². The van der Waals surface area contributed by atoms with Crippen molar-refractivity contribution in [1.29, 1.82) is 0 Å². The minimum absolute atomic E-state index is 0.0149. The van der Waals surface area contributed by atoms with Gasteiger partial charge in [0.1, 0.15) is 12.5 Å². The molecule has 1 aliphatic heterocycles. The van der Waals surface area contributed by atoms with Gasteiger partial charge in [-0.3, -0.25) is 4.79 Å². The second kappa shape index (κ2) is 5.37. The van der Waals surface area contributed by atoms with Crippen LogP contribution >= 0.6 is 0 Å². The van der Waals surface area contributed by atoms with Crippen LogP contribution in [0.2, 0.25) is 0 Å². The summed E-state index contributed by atoms with van der Waals surface area (Å²) in [5, 5.41) is 0. The molecule has 1 heterocycles. The third-order valence-electron chi connectivity index (χ3n) is 3.04. The fourth-order valence-corrected chi connectivity index (χ4v) is 2.05. The van der Waals surface area contributed by atoms with E-state index in [1.807, 2.05) is 31.2 Å². The molecule has 5 heteroatoms. The van der Waals surface area contributed by atoms with Crippen LogP contribution in [0.1, 0.15) is 6.92 Å². The smallest absolute Gasteiger partial charge is 0.258 e. The van der Waals surface area contributed by atoms with Crippen molar-refractivity contribution in [3.8, 4) is 5.75 Å². The van der Waals surface area contributed by atoms with Gasteiger partial charge in [0.15, 0.2) is 6.10 Å². The highest BCUT2D eigenvalue weighted by Gasteiger charge is 2.46. The average molecular weight is 251 g/mol. The molecule has 18 heavy (non-hydrogen) atoms. The highest BCUT2D eigenvalue weighted by Crippen LogP contribution is 2.30. The van der Waals surface area contributed by atoms with E-state index in [-0.39, 0.29) is 18.7 Å². The van der Waals surface area contributed by atoms with Crippen molar-refractivity contribution in [3.05, 3.63) is 24.3 Å². The summed E-state index contributed by atoms with van der Waals surface area (Å²) in [6, 6.07) is 7.40. The van der Waals surface area contributed by atoms with Crippen LogP contribution in [0.5, 0.6) is 5.75 Å². The normalized spacial score (nSPS) is 22.8. The molecule has 1 fully saturated rings. The first kappa shape index (κ1) is 12.9. The molecular formula is C13H17NO4. The van der Waals surface area contributed by atoms with Crippen molar-refractivity contribution in [1.82, 2.24) is 0 Å². The third-order valence-corrected chi connectivity index (χ3v) is 3.04. The molecule has 0 aliphatic carbocycles. The van der Waals surface area contributed by atoms with Gasteiger partial charge in [-0.1, -0.05) is 0 Å². The zero-order chi connectivity index (χ0) is 13.1. The Morgan fingerprint density at radius 3 is 2.39 bits per heavy atom. The summed E-state index contributed by atoms with van der Waals surface area (Å²) in [5.74, 6) is 0.733. The molecule has 0 radical (unpaired) electrons. The van der Waals surface area contributed by atoms with Crippen molar-refractivity contribution < 1.29 is 19.0 Å². The van der Waals surface area contributed by atoms with Gasteiger partial charge in [0.05, 0.1) is 13.2 Å². The Kier molecular flexibility index (Phi) is 3.84. The van der Waals surface area contributed by atoms with Gasteiger partial charge in [0, 0.05) is 12.8 Å². The summed E-state index contributed by atoms with van der Waals surface area (Å²) in [6.07, 6.45) is -0.410. The largest absolute Gasteiger partial charge is 0.497 e. The van der Waals surface area contributed by atoms with Crippen molar-refractivity contribution >= 4 is 11.6 Å². The average Bonchev–Trinajstić information content (AvgIpc) is 2.40. The first-order valence-corrected chi connectivity index (χ1v) is 5.76. The summed E-state index contributed by atoms with van der Waals surface area (Å²) in [4.78, 5) is 13.7. The highest BCUT2D eigenvalue weighted by atomic mass is 16.7. The number of nitrogens with zero attached hydrogens (tertiary/aromatic N) is 1. The Bertz CT molecular complexity index is 418. The Morgan fingerprint density at radius 2 is 1.89 bits per heavy atom. The van der Waals surface area contributed by atoms with E-state index < -0.39 is 6.10 Å². The number of methoxy groups -OCH3 is 2. The van der Waals surface area contributed by atoms with Crippen LogP contribution in [0.25, 0.3) is 0 Å². The van der Waals surface area contributed by atoms with Gasteiger partial charge in [-0.05, 0) is 31.2 Å². The molecular weight excluding hydrogens is 234 g/mol. The first-order chi connectivity index (χ1) is 8.69. The number of rotatable bonds is 5. The number of ether oxygens (including phenoxy) is 3. The van der Waals surface area contributed by atoms with Gasteiger partial charge < -0.3 is 19.1 Å². The Morgan fingerprint density at radius 1 is 1.22 bits per heavy atom. The molecule has 1 unspecified atom stereocenters. The molecule has 2 atom stereocenters. The van der Waals surface area contributed by atoms with Crippen LogP contribution in [0, 0.1) is 0 Å². The van der Waals surface area contributed by atoms with E-state index >= 15 is 0 Å². The lowest BCUT2D eigenvalue weighted by molar-refractivity contribution is -0.153. The molecule has 1 aromatic carbocycles. The number of β-lactam (4-membered cyclic amide) rings is 1. The van der Waals surface area contributed by atoms with Crippen LogP contribution in [-0.4, -0.2) is 39.1 Å². The van der Waals surface area contributed by atoms with Crippen molar-refractivity contribution in [2.24, 2.45) is 0 Å². The van der Waals surface area contributed by atoms with Gasteiger partial charge in [-0.15, -0.1) is 0 Å². The summed E-state index contributed by atoms with van der Waals surface area (Å²) in [7, 11) is 3.15. The van der Waals surface area contributed by atoms with Crippen LogP contribution in [0.15, 0.2) is 24.3 Å². The number of hydrogen-bond acceptors (Lipinski definition) is 4. The number of amides is 1. The summed E-state index contributed by atoms with van der Waals surface area (Å²) in [5.41, 5.74) is 0.852. The summed E-state index contributed by atoms with van der Waals surface area (Å²) >= 11 is 0. The fourth-order valence-electron chi connectivity index (χ4n) is 2.05. The maximum absolute atomic E-state index is 11.9. The van der Waals surface area contributed by atoms with Gasteiger partial charge in [-0.2, -0.15) is 0 Å². The Balaban J connectivity index is 2.04. The maximum atomic E-state index is 11.9. The molecule has 5 nitrogen and oxygen atoms in total. The lowest BCUT2D eigenvalue weighted by Crippen LogP contribution is -2.64. The molecule has 1 aromatic rings. The molecule has 1 saturated heterocycles. The Hall–Kier alpha value is -1.59. The first-order valence-electron chi connectivity index (χ1n) is 5.76. The van der Waals surface area contributed by atoms with Crippen LogP contribution < -0.4 is 9.64 Å². The van der Waals surface area contributed by atoms with Crippen molar-refractivity contribution in [3.63, 3.8) is 0 Å². The topological polar surface area (TPSA) is 48.0 Å².